The molecule has 2 heterocycles. The van der Waals surface area contributed by atoms with E-state index in [1.54, 1.807) is 7.11 Å². The van der Waals surface area contributed by atoms with E-state index < -0.39 is 0 Å². The Morgan fingerprint density at radius 2 is 2.10 bits per heavy atom. The number of aromatic nitrogens is 2. The second-order valence-corrected chi connectivity index (χ2v) is 4.94. The van der Waals surface area contributed by atoms with Crippen molar-refractivity contribution in [1.82, 2.24) is 14.9 Å². The summed E-state index contributed by atoms with van der Waals surface area (Å²) >= 11 is 0. The monoisotopic (exact) mass is 286 g/mol. The highest BCUT2D eigenvalue weighted by atomic mass is 16.5. The van der Waals surface area contributed by atoms with Crippen LogP contribution in [0.2, 0.25) is 0 Å². The largest absolute Gasteiger partial charge is 0.481 e. The Morgan fingerprint density at radius 3 is 2.67 bits per heavy atom. The second-order valence-electron chi connectivity index (χ2n) is 4.94. The maximum Gasteiger partial charge on any atom is 0.212 e. The number of methoxy groups -OCH3 is 1. The van der Waals surface area contributed by atoms with Gasteiger partial charge in [0, 0.05) is 49.7 Å². The minimum absolute atomic E-state index is 0.145. The summed E-state index contributed by atoms with van der Waals surface area (Å²) in [5.41, 5.74) is 8.12. The highest BCUT2D eigenvalue weighted by Crippen LogP contribution is 2.19. The van der Waals surface area contributed by atoms with E-state index in [2.05, 4.69) is 21.9 Å². The van der Waals surface area contributed by atoms with E-state index in [-0.39, 0.29) is 6.04 Å². The lowest BCUT2D eigenvalue weighted by molar-refractivity contribution is 0.252. The third-order valence-corrected chi connectivity index (χ3v) is 3.56. The lowest BCUT2D eigenvalue weighted by Gasteiger charge is -2.27. The quantitative estimate of drug-likeness (QED) is 0.838. The molecule has 5 nitrogen and oxygen atoms in total. The fraction of sp³-hybridized carbons (Fsp3) is 0.375. The molecule has 0 aliphatic heterocycles. The zero-order chi connectivity index (χ0) is 15.1. The van der Waals surface area contributed by atoms with E-state index >= 15 is 0 Å². The molecule has 2 rings (SSSR count). The standard InChI is InChI=1S/C16H22N4O/c1-20(10-8-14-5-3-4-9-18-14)15(11-17)13-6-7-16(21-2)19-12-13/h3-7,9,12,15H,8,10-11,17H2,1-2H3. The van der Waals surface area contributed by atoms with Gasteiger partial charge in [-0.25, -0.2) is 4.98 Å². The van der Waals surface area contributed by atoms with Crippen molar-refractivity contribution in [3.63, 3.8) is 0 Å². The molecule has 0 bridgehead atoms. The van der Waals surface area contributed by atoms with Crippen molar-refractivity contribution in [3.05, 3.63) is 54.0 Å². The van der Waals surface area contributed by atoms with Crippen molar-refractivity contribution in [2.24, 2.45) is 5.73 Å². The number of pyridine rings is 2. The van der Waals surface area contributed by atoms with Crippen molar-refractivity contribution in [3.8, 4) is 5.88 Å². The number of nitrogens with two attached hydrogens (primary N) is 1. The van der Waals surface area contributed by atoms with Crippen LogP contribution in [0.3, 0.4) is 0 Å². The molecule has 21 heavy (non-hydrogen) atoms. The van der Waals surface area contributed by atoms with Crippen LogP contribution in [-0.2, 0) is 6.42 Å². The first-order valence-corrected chi connectivity index (χ1v) is 7.04. The average Bonchev–Trinajstić information content (AvgIpc) is 2.55. The van der Waals surface area contributed by atoms with Crippen LogP contribution in [-0.4, -0.2) is 42.1 Å². The minimum atomic E-state index is 0.145. The molecule has 0 amide bonds. The summed E-state index contributed by atoms with van der Waals surface area (Å²) in [6.45, 7) is 1.44. The third kappa shape index (κ3) is 4.24. The molecule has 0 saturated carbocycles. The van der Waals surface area contributed by atoms with E-state index in [1.165, 1.54) is 0 Å². The van der Waals surface area contributed by atoms with Gasteiger partial charge >= 0.3 is 0 Å². The molecule has 0 aliphatic carbocycles. The molecule has 0 radical (unpaired) electrons. The Labute approximate surface area is 125 Å². The summed E-state index contributed by atoms with van der Waals surface area (Å²) in [7, 11) is 3.69. The lowest BCUT2D eigenvalue weighted by atomic mass is 10.1. The molecule has 2 N–H and O–H groups in total. The van der Waals surface area contributed by atoms with Gasteiger partial charge in [0.25, 0.3) is 0 Å². The molecule has 0 aromatic carbocycles. The topological polar surface area (TPSA) is 64.3 Å². The van der Waals surface area contributed by atoms with E-state index in [0.717, 1.165) is 24.2 Å². The number of ether oxygens (including phenoxy) is 1. The maximum absolute atomic E-state index is 5.93. The van der Waals surface area contributed by atoms with Gasteiger partial charge < -0.3 is 10.5 Å². The van der Waals surface area contributed by atoms with Crippen LogP contribution < -0.4 is 10.5 Å². The van der Waals surface area contributed by atoms with E-state index in [0.29, 0.717) is 12.4 Å². The molecule has 1 unspecified atom stereocenters. The van der Waals surface area contributed by atoms with Gasteiger partial charge in [-0.1, -0.05) is 12.1 Å². The molecule has 0 fully saturated rings. The van der Waals surface area contributed by atoms with Crippen LogP contribution in [0.1, 0.15) is 17.3 Å². The number of hydrogen-bond acceptors (Lipinski definition) is 5. The lowest BCUT2D eigenvalue weighted by Crippen LogP contribution is -2.32. The fourth-order valence-corrected chi connectivity index (χ4v) is 2.27. The van der Waals surface area contributed by atoms with E-state index in [1.807, 2.05) is 42.7 Å². The van der Waals surface area contributed by atoms with Crippen molar-refractivity contribution in [2.45, 2.75) is 12.5 Å². The summed E-state index contributed by atoms with van der Waals surface area (Å²) in [5.74, 6) is 0.616. The predicted octanol–water partition coefficient (Wildman–Crippen LogP) is 1.66. The molecule has 112 valence electrons. The van der Waals surface area contributed by atoms with Gasteiger partial charge in [0.05, 0.1) is 7.11 Å². The second kappa shape index (κ2) is 7.71. The summed E-state index contributed by atoms with van der Waals surface area (Å²) in [4.78, 5) is 10.8. The molecule has 2 aromatic heterocycles. The summed E-state index contributed by atoms with van der Waals surface area (Å²) in [5, 5.41) is 0. The average molecular weight is 286 g/mol. The molecule has 0 aliphatic rings. The number of rotatable bonds is 7. The SMILES string of the molecule is COc1ccc(C(CN)N(C)CCc2ccccn2)cn1. The third-order valence-electron chi connectivity index (χ3n) is 3.56. The van der Waals surface area contributed by atoms with Gasteiger partial charge in [0.1, 0.15) is 0 Å². The van der Waals surface area contributed by atoms with Crippen molar-refractivity contribution < 1.29 is 4.74 Å². The zero-order valence-electron chi connectivity index (χ0n) is 12.6. The predicted molar refractivity (Wildman–Crippen MR) is 83.2 cm³/mol. The Bertz CT molecular complexity index is 530. The number of likely N-dealkylation sites (N-methyl/N-ethyl adjacent to an activating group) is 1. The number of nitrogens with zero attached hydrogens (tertiary/aromatic N) is 3. The fourth-order valence-electron chi connectivity index (χ4n) is 2.27. The van der Waals surface area contributed by atoms with Gasteiger partial charge in [0.2, 0.25) is 5.88 Å². The summed E-state index contributed by atoms with van der Waals surface area (Å²) in [6, 6.07) is 10.0. The Morgan fingerprint density at radius 1 is 1.24 bits per heavy atom. The van der Waals surface area contributed by atoms with Crippen LogP contribution in [0.15, 0.2) is 42.7 Å². The minimum Gasteiger partial charge on any atom is -0.481 e. The first kappa shape index (κ1) is 15.4. The molecule has 0 saturated heterocycles. The summed E-state index contributed by atoms with van der Waals surface area (Å²) < 4.78 is 5.08. The van der Waals surface area contributed by atoms with Crippen LogP contribution in [0.4, 0.5) is 0 Å². The van der Waals surface area contributed by atoms with Gasteiger partial charge in [-0.3, -0.25) is 9.88 Å². The van der Waals surface area contributed by atoms with Gasteiger partial charge in [0.15, 0.2) is 0 Å². The van der Waals surface area contributed by atoms with Crippen molar-refractivity contribution in [1.29, 1.82) is 0 Å². The molecule has 0 spiro atoms. The van der Waals surface area contributed by atoms with Gasteiger partial charge in [-0.15, -0.1) is 0 Å². The van der Waals surface area contributed by atoms with Gasteiger partial charge in [-0.05, 0) is 24.7 Å². The molecular formula is C16H22N4O. The highest BCUT2D eigenvalue weighted by Gasteiger charge is 2.16. The molecule has 2 aromatic rings. The van der Waals surface area contributed by atoms with Crippen LogP contribution in [0.25, 0.3) is 0 Å². The van der Waals surface area contributed by atoms with E-state index in [4.69, 9.17) is 10.5 Å². The molecule has 1 atom stereocenters. The Hall–Kier alpha value is -1.98. The first-order valence-electron chi connectivity index (χ1n) is 7.04. The normalized spacial score (nSPS) is 12.4. The van der Waals surface area contributed by atoms with Crippen LogP contribution >= 0.6 is 0 Å². The Balaban J connectivity index is 1.98. The Kier molecular flexibility index (Phi) is 5.66. The van der Waals surface area contributed by atoms with Crippen molar-refractivity contribution >= 4 is 0 Å². The van der Waals surface area contributed by atoms with Crippen LogP contribution in [0.5, 0.6) is 5.88 Å². The highest BCUT2D eigenvalue weighted by molar-refractivity contribution is 5.21. The van der Waals surface area contributed by atoms with Gasteiger partial charge in [-0.2, -0.15) is 0 Å². The van der Waals surface area contributed by atoms with Crippen LogP contribution in [0, 0.1) is 0 Å². The smallest absolute Gasteiger partial charge is 0.212 e. The first-order chi connectivity index (χ1) is 10.2. The van der Waals surface area contributed by atoms with Crippen molar-refractivity contribution in [2.75, 3.05) is 27.2 Å². The maximum atomic E-state index is 5.93. The number of hydrogen-bond donors (Lipinski definition) is 1. The molecular weight excluding hydrogens is 264 g/mol. The van der Waals surface area contributed by atoms with E-state index in [9.17, 15) is 0 Å². The molecule has 5 heteroatoms. The summed E-state index contributed by atoms with van der Waals surface area (Å²) in [6.07, 6.45) is 4.55. The zero-order valence-corrected chi connectivity index (χ0v) is 12.6.